The molecule has 0 aliphatic rings. The molecule has 20 heavy (non-hydrogen) atoms. The molecule has 0 saturated heterocycles. The van der Waals surface area contributed by atoms with E-state index in [2.05, 4.69) is 4.98 Å². The number of aliphatic hydroxyl groups excluding tert-OH is 1. The topological polar surface area (TPSA) is 62.4 Å². The number of hydrogen-bond donors (Lipinski definition) is 2. The Morgan fingerprint density at radius 3 is 2.65 bits per heavy atom. The van der Waals surface area contributed by atoms with Gasteiger partial charge in [-0.15, -0.1) is 0 Å². The first-order valence-corrected chi connectivity index (χ1v) is 5.97. The Labute approximate surface area is 113 Å². The summed E-state index contributed by atoms with van der Waals surface area (Å²) in [7, 11) is 0. The predicted octanol–water partition coefficient (Wildman–Crippen LogP) is 2.18. The number of aliphatic hydroxyl groups is 1. The average Bonchev–Trinajstić information content (AvgIpc) is 2.35. The molecule has 0 aliphatic heterocycles. The number of anilines is 2. The van der Waals surface area contributed by atoms with Crippen molar-refractivity contribution in [1.29, 1.82) is 0 Å². The van der Waals surface area contributed by atoms with Gasteiger partial charge in [0.05, 0.1) is 12.1 Å². The highest BCUT2D eigenvalue weighted by Crippen LogP contribution is 2.29. The van der Waals surface area contributed by atoms with Gasteiger partial charge in [-0.3, -0.25) is 4.98 Å². The third kappa shape index (κ3) is 3.30. The number of nitrogen functional groups attached to an aromatic ring is 1. The van der Waals surface area contributed by atoms with E-state index in [9.17, 15) is 13.2 Å². The van der Waals surface area contributed by atoms with Crippen molar-refractivity contribution in [2.45, 2.75) is 6.18 Å². The summed E-state index contributed by atoms with van der Waals surface area (Å²) in [5.41, 5.74) is 7.03. The van der Waals surface area contributed by atoms with E-state index in [0.29, 0.717) is 22.3 Å². The van der Waals surface area contributed by atoms with Crippen LogP contribution in [0.2, 0.25) is 0 Å². The maximum atomic E-state index is 12.6. The van der Waals surface area contributed by atoms with Crippen LogP contribution in [0.4, 0.5) is 24.5 Å². The summed E-state index contributed by atoms with van der Waals surface area (Å²) in [5.74, 6) is 0. The Hall–Kier alpha value is -2.02. The fourth-order valence-corrected chi connectivity index (χ4v) is 2.05. The lowest BCUT2D eigenvalue weighted by atomic mass is 10.1. The molecule has 3 N–H and O–H groups in total. The molecule has 0 fully saturated rings. The van der Waals surface area contributed by atoms with E-state index in [4.69, 9.17) is 10.8 Å². The van der Waals surface area contributed by atoms with Gasteiger partial charge in [-0.05, 0) is 24.3 Å². The van der Waals surface area contributed by atoms with Crippen molar-refractivity contribution >= 4 is 22.3 Å². The Bertz CT molecular complexity index is 601. The second kappa shape index (κ2) is 5.54. The van der Waals surface area contributed by atoms with E-state index < -0.39 is 12.7 Å². The van der Waals surface area contributed by atoms with Gasteiger partial charge in [0.1, 0.15) is 6.54 Å². The van der Waals surface area contributed by atoms with Gasteiger partial charge < -0.3 is 15.7 Å². The first kappa shape index (κ1) is 14.4. The number of alkyl halides is 3. The van der Waals surface area contributed by atoms with Crippen molar-refractivity contribution in [2.75, 3.05) is 30.3 Å². The number of fused-ring (bicyclic) bond motifs is 1. The van der Waals surface area contributed by atoms with Crippen molar-refractivity contribution in [1.82, 2.24) is 4.98 Å². The number of nitrogens with two attached hydrogens (primary N) is 1. The molecule has 4 nitrogen and oxygen atoms in total. The molecule has 108 valence electrons. The van der Waals surface area contributed by atoms with Crippen molar-refractivity contribution in [3.63, 3.8) is 0 Å². The summed E-state index contributed by atoms with van der Waals surface area (Å²) in [5, 5.41) is 9.54. The van der Waals surface area contributed by atoms with Gasteiger partial charge in [0.25, 0.3) is 0 Å². The SMILES string of the molecule is Nc1ccc2c(N(CCO)CC(F)(F)F)ccnc2c1. The molecule has 0 bridgehead atoms. The summed E-state index contributed by atoms with van der Waals surface area (Å²) >= 11 is 0. The molecule has 1 aromatic carbocycles. The van der Waals surface area contributed by atoms with Crippen LogP contribution in [0.25, 0.3) is 10.9 Å². The van der Waals surface area contributed by atoms with Gasteiger partial charge in [-0.2, -0.15) is 13.2 Å². The van der Waals surface area contributed by atoms with Gasteiger partial charge in [-0.25, -0.2) is 0 Å². The minimum absolute atomic E-state index is 0.108. The largest absolute Gasteiger partial charge is 0.405 e. The molecular formula is C13H14F3N3O. The van der Waals surface area contributed by atoms with Crippen LogP contribution in [0.5, 0.6) is 0 Å². The smallest absolute Gasteiger partial charge is 0.399 e. The lowest BCUT2D eigenvalue weighted by Crippen LogP contribution is -2.36. The van der Waals surface area contributed by atoms with E-state index >= 15 is 0 Å². The third-order valence-corrected chi connectivity index (χ3v) is 2.82. The molecule has 0 saturated carbocycles. The highest BCUT2D eigenvalue weighted by atomic mass is 19.4. The second-order valence-corrected chi connectivity index (χ2v) is 4.37. The van der Waals surface area contributed by atoms with E-state index in [0.717, 1.165) is 4.90 Å². The molecule has 0 atom stereocenters. The van der Waals surface area contributed by atoms with Crippen molar-refractivity contribution < 1.29 is 18.3 Å². The number of pyridine rings is 1. The Balaban J connectivity index is 2.47. The fourth-order valence-electron chi connectivity index (χ4n) is 2.05. The molecule has 0 aliphatic carbocycles. The lowest BCUT2D eigenvalue weighted by Gasteiger charge is -2.26. The van der Waals surface area contributed by atoms with Gasteiger partial charge in [-0.1, -0.05) is 0 Å². The van der Waals surface area contributed by atoms with Crippen LogP contribution >= 0.6 is 0 Å². The first-order chi connectivity index (χ1) is 9.40. The fraction of sp³-hybridized carbons (Fsp3) is 0.308. The molecular weight excluding hydrogens is 271 g/mol. The highest BCUT2D eigenvalue weighted by molar-refractivity contribution is 5.93. The third-order valence-electron chi connectivity index (χ3n) is 2.82. The van der Waals surface area contributed by atoms with Crippen LogP contribution in [0.15, 0.2) is 30.5 Å². The van der Waals surface area contributed by atoms with Crippen molar-refractivity contribution in [2.24, 2.45) is 0 Å². The summed E-state index contributed by atoms with van der Waals surface area (Å²) in [6, 6.07) is 6.34. The number of nitrogens with zero attached hydrogens (tertiary/aromatic N) is 2. The van der Waals surface area contributed by atoms with Crippen molar-refractivity contribution in [3.8, 4) is 0 Å². The number of benzene rings is 1. The van der Waals surface area contributed by atoms with Gasteiger partial charge in [0, 0.05) is 29.5 Å². The van der Waals surface area contributed by atoms with E-state index in [1.807, 2.05) is 0 Å². The summed E-state index contributed by atoms with van der Waals surface area (Å²) in [4.78, 5) is 5.17. The highest BCUT2D eigenvalue weighted by Gasteiger charge is 2.31. The minimum Gasteiger partial charge on any atom is -0.399 e. The maximum Gasteiger partial charge on any atom is 0.405 e. The molecule has 0 amide bonds. The molecule has 0 radical (unpaired) electrons. The maximum absolute atomic E-state index is 12.6. The van der Waals surface area contributed by atoms with Crippen LogP contribution in [0, 0.1) is 0 Å². The van der Waals surface area contributed by atoms with Gasteiger partial charge in [0.15, 0.2) is 0 Å². The zero-order valence-corrected chi connectivity index (χ0v) is 10.6. The van der Waals surface area contributed by atoms with E-state index in [1.54, 1.807) is 18.2 Å². The second-order valence-electron chi connectivity index (χ2n) is 4.37. The minimum atomic E-state index is -4.35. The quantitative estimate of drug-likeness (QED) is 0.845. The zero-order chi connectivity index (χ0) is 14.8. The summed E-state index contributed by atoms with van der Waals surface area (Å²) < 4.78 is 37.9. The number of halogens is 3. The molecule has 7 heteroatoms. The number of hydrogen-bond acceptors (Lipinski definition) is 4. The Morgan fingerprint density at radius 2 is 2.00 bits per heavy atom. The van der Waals surface area contributed by atoms with E-state index in [1.165, 1.54) is 12.3 Å². The summed E-state index contributed by atoms with van der Waals surface area (Å²) in [6.45, 7) is -1.60. The first-order valence-electron chi connectivity index (χ1n) is 5.97. The van der Waals surface area contributed by atoms with Crippen LogP contribution < -0.4 is 10.6 Å². The van der Waals surface area contributed by atoms with Gasteiger partial charge in [0.2, 0.25) is 0 Å². The summed E-state index contributed by atoms with van der Waals surface area (Å²) in [6.07, 6.45) is -2.92. The van der Waals surface area contributed by atoms with Crippen molar-refractivity contribution in [3.05, 3.63) is 30.5 Å². The molecule has 0 spiro atoms. The number of rotatable bonds is 4. The van der Waals surface area contributed by atoms with Crippen LogP contribution in [0.1, 0.15) is 0 Å². The number of aromatic nitrogens is 1. The average molecular weight is 285 g/mol. The Morgan fingerprint density at radius 1 is 1.25 bits per heavy atom. The van der Waals surface area contributed by atoms with Gasteiger partial charge >= 0.3 is 6.18 Å². The standard InChI is InChI=1S/C13H14F3N3O/c14-13(15,16)8-19(5-6-20)12-3-4-18-11-7-9(17)1-2-10(11)12/h1-4,7,20H,5-6,8,17H2. The molecule has 2 aromatic rings. The molecule has 2 rings (SSSR count). The monoisotopic (exact) mass is 285 g/mol. The van der Waals surface area contributed by atoms with Crippen LogP contribution in [0.3, 0.4) is 0 Å². The molecule has 1 aromatic heterocycles. The normalized spacial score (nSPS) is 11.8. The van der Waals surface area contributed by atoms with Crippen LogP contribution in [-0.4, -0.2) is 36.0 Å². The van der Waals surface area contributed by atoms with E-state index in [-0.39, 0.29) is 13.2 Å². The predicted molar refractivity (Wildman–Crippen MR) is 71.5 cm³/mol. The molecule has 1 heterocycles. The zero-order valence-electron chi connectivity index (χ0n) is 10.6. The Kier molecular flexibility index (Phi) is 3.99. The lowest BCUT2D eigenvalue weighted by molar-refractivity contribution is -0.119. The molecule has 0 unspecified atom stereocenters. The van der Waals surface area contributed by atoms with Crippen LogP contribution in [-0.2, 0) is 0 Å².